The van der Waals surface area contributed by atoms with E-state index in [4.69, 9.17) is 21.1 Å². The normalized spacial score (nSPS) is 15.4. The molecule has 0 radical (unpaired) electrons. The first-order chi connectivity index (χ1) is 12.7. The van der Waals surface area contributed by atoms with Gasteiger partial charge in [-0.2, -0.15) is 0 Å². The molecule has 0 bridgehead atoms. The van der Waals surface area contributed by atoms with Crippen LogP contribution in [0.1, 0.15) is 13.3 Å². The van der Waals surface area contributed by atoms with Crippen LogP contribution in [0.2, 0.25) is 5.02 Å². The zero-order chi connectivity index (χ0) is 18.4. The summed E-state index contributed by atoms with van der Waals surface area (Å²) in [5, 5.41) is 3.33. The number of anilines is 2. The van der Waals surface area contributed by atoms with Crippen molar-refractivity contribution in [3.05, 3.63) is 47.6 Å². The topological polar surface area (TPSA) is 63.7 Å². The molecule has 1 amide bonds. The van der Waals surface area contributed by atoms with Crippen LogP contribution in [-0.2, 0) is 9.53 Å². The molecule has 1 aliphatic rings. The molecule has 0 aliphatic carbocycles. The van der Waals surface area contributed by atoms with Crippen LogP contribution in [-0.4, -0.2) is 43.3 Å². The second kappa shape index (κ2) is 8.87. The van der Waals surface area contributed by atoms with Gasteiger partial charge in [0, 0.05) is 13.1 Å². The Morgan fingerprint density at radius 1 is 1.31 bits per heavy atom. The molecule has 6 nitrogen and oxygen atoms in total. The first-order valence-electron chi connectivity index (χ1n) is 8.68. The quantitative estimate of drug-likeness (QED) is 0.838. The molecule has 1 atom stereocenters. The highest BCUT2D eigenvalue weighted by molar-refractivity contribution is 6.32. The molecule has 1 aromatic heterocycles. The number of morpholine rings is 1. The number of nitrogens with one attached hydrogen (secondary N) is 1. The van der Waals surface area contributed by atoms with Gasteiger partial charge in [-0.25, -0.2) is 4.98 Å². The van der Waals surface area contributed by atoms with E-state index in [1.165, 1.54) is 0 Å². The van der Waals surface area contributed by atoms with Gasteiger partial charge in [0.2, 0.25) is 0 Å². The number of pyridine rings is 1. The van der Waals surface area contributed by atoms with Crippen molar-refractivity contribution in [1.82, 2.24) is 4.98 Å². The van der Waals surface area contributed by atoms with E-state index in [0.717, 1.165) is 18.9 Å². The van der Waals surface area contributed by atoms with Crippen LogP contribution < -0.4 is 15.0 Å². The van der Waals surface area contributed by atoms with Crippen molar-refractivity contribution in [2.75, 3.05) is 36.5 Å². The van der Waals surface area contributed by atoms with E-state index in [9.17, 15) is 4.79 Å². The van der Waals surface area contributed by atoms with Crippen LogP contribution >= 0.6 is 11.6 Å². The van der Waals surface area contributed by atoms with Gasteiger partial charge < -0.3 is 19.7 Å². The van der Waals surface area contributed by atoms with Crippen molar-refractivity contribution >= 4 is 29.0 Å². The summed E-state index contributed by atoms with van der Waals surface area (Å²) in [5.74, 6) is 1.15. The van der Waals surface area contributed by atoms with Gasteiger partial charge in [-0.1, -0.05) is 30.7 Å². The molecule has 7 heteroatoms. The molecule has 26 heavy (non-hydrogen) atoms. The van der Waals surface area contributed by atoms with Crippen molar-refractivity contribution < 1.29 is 14.3 Å². The zero-order valence-corrected chi connectivity index (χ0v) is 15.4. The Morgan fingerprint density at radius 3 is 2.73 bits per heavy atom. The van der Waals surface area contributed by atoms with Gasteiger partial charge in [0.15, 0.2) is 6.10 Å². The number of amides is 1. The average Bonchev–Trinajstić information content (AvgIpc) is 2.68. The SMILES string of the molecule is CC[C@H](Oc1ccccc1Cl)C(=O)Nc1ccc(N2CCOCC2)nc1. The number of rotatable bonds is 6. The molecule has 1 N–H and O–H groups in total. The number of ether oxygens (including phenoxy) is 2. The molecule has 3 rings (SSSR count). The summed E-state index contributed by atoms with van der Waals surface area (Å²) < 4.78 is 11.1. The Bertz CT molecular complexity index is 733. The van der Waals surface area contributed by atoms with Gasteiger partial charge in [-0.05, 0) is 30.7 Å². The minimum Gasteiger partial charge on any atom is -0.479 e. The fourth-order valence-electron chi connectivity index (χ4n) is 2.68. The maximum Gasteiger partial charge on any atom is 0.265 e. The predicted molar refractivity (Wildman–Crippen MR) is 102 cm³/mol. The summed E-state index contributed by atoms with van der Waals surface area (Å²) in [7, 11) is 0. The summed E-state index contributed by atoms with van der Waals surface area (Å²) in [5.41, 5.74) is 0.633. The van der Waals surface area contributed by atoms with Crippen molar-refractivity contribution in [3.63, 3.8) is 0 Å². The maximum absolute atomic E-state index is 12.5. The molecule has 2 aromatic rings. The molecule has 1 aromatic carbocycles. The second-order valence-electron chi connectivity index (χ2n) is 5.94. The highest BCUT2D eigenvalue weighted by Gasteiger charge is 2.20. The number of para-hydroxylation sites is 1. The van der Waals surface area contributed by atoms with E-state index < -0.39 is 6.10 Å². The smallest absolute Gasteiger partial charge is 0.265 e. The second-order valence-corrected chi connectivity index (χ2v) is 6.35. The molecular formula is C19H22ClN3O3. The van der Waals surface area contributed by atoms with Crippen LogP contribution in [0, 0.1) is 0 Å². The van der Waals surface area contributed by atoms with E-state index in [0.29, 0.717) is 36.1 Å². The minimum absolute atomic E-state index is 0.228. The fraction of sp³-hybridized carbons (Fsp3) is 0.368. The van der Waals surface area contributed by atoms with Crippen molar-refractivity contribution in [2.24, 2.45) is 0 Å². The number of carbonyl (C=O) groups is 1. The van der Waals surface area contributed by atoms with Crippen LogP contribution in [0.15, 0.2) is 42.6 Å². The summed E-state index contributed by atoms with van der Waals surface area (Å²) in [6.45, 7) is 4.95. The number of hydrogen-bond acceptors (Lipinski definition) is 5. The van der Waals surface area contributed by atoms with Crippen LogP contribution in [0.25, 0.3) is 0 Å². The number of aromatic nitrogens is 1. The highest BCUT2D eigenvalue weighted by atomic mass is 35.5. The van der Waals surface area contributed by atoms with Gasteiger partial charge in [0.25, 0.3) is 5.91 Å². The monoisotopic (exact) mass is 375 g/mol. The molecule has 2 heterocycles. The number of benzene rings is 1. The predicted octanol–water partition coefficient (Wildman–Crippen LogP) is 3.37. The van der Waals surface area contributed by atoms with Gasteiger partial charge in [0.1, 0.15) is 11.6 Å². The Morgan fingerprint density at radius 2 is 2.08 bits per heavy atom. The number of hydrogen-bond donors (Lipinski definition) is 1. The van der Waals surface area contributed by atoms with Gasteiger partial charge in [-0.3, -0.25) is 4.79 Å². The average molecular weight is 376 g/mol. The molecule has 138 valence electrons. The Kier molecular flexibility index (Phi) is 6.30. The van der Waals surface area contributed by atoms with Gasteiger partial charge in [-0.15, -0.1) is 0 Å². The number of halogens is 1. The summed E-state index contributed by atoms with van der Waals surface area (Å²) in [6, 6.07) is 10.9. The summed E-state index contributed by atoms with van der Waals surface area (Å²) in [4.78, 5) is 19.1. The Labute approximate surface area is 158 Å². The molecule has 1 fully saturated rings. The molecule has 1 aliphatic heterocycles. The first-order valence-corrected chi connectivity index (χ1v) is 9.06. The number of nitrogens with zero attached hydrogens (tertiary/aromatic N) is 2. The lowest BCUT2D eigenvalue weighted by molar-refractivity contribution is -0.122. The highest BCUT2D eigenvalue weighted by Crippen LogP contribution is 2.25. The first kappa shape index (κ1) is 18.5. The van der Waals surface area contributed by atoms with Crippen LogP contribution in [0.3, 0.4) is 0 Å². The molecular weight excluding hydrogens is 354 g/mol. The summed E-state index contributed by atoms with van der Waals surface area (Å²) >= 11 is 6.10. The zero-order valence-electron chi connectivity index (χ0n) is 14.7. The van der Waals surface area contributed by atoms with E-state index in [1.807, 2.05) is 31.2 Å². The van der Waals surface area contributed by atoms with E-state index >= 15 is 0 Å². The third kappa shape index (κ3) is 4.65. The minimum atomic E-state index is -0.631. The van der Waals surface area contributed by atoms with Crippen molar-refractivity contribution in [2.45, 2.75) is 19.4 Å². The standard InChI is InChI=1S/C19H22ClN3O3/c1-2-16(26-17-6-4-3-5-15(17)20)19(24)22-14-7-8-18(21-13-14)23-9-11-25-12-10-23/h3-8,13,16H,2,9-12H2,1H3,(H,22,24)/t16-/m0/s1. The number of carbonyl (C=O) groups excluding carboxylic acids is 1. The van der Waals surface area contributed by atoms with Gasteiger partial charge >= 0.3 is 0 Å². The van der Waals surface area contributed by atoms with Crippen molar-refractivity contribution in [1.29, 1.82) is 0 Å². The Hall–Kier alpha value is -2.31. The Balaban J connectivity index is 1.61. The molecule has 0 unspecified atom stereocenters. The van der Waals surface area contributed by atoms with E-state index in [1.54, 1.807) is 18.3 Å². The molecule has 0 spiro atoms. The fourth-order valence-corrected chi connectivity index (χ4v) is 2.86. The van der Waals surface area contributed by atoms with Crippen LogP contribution in [0.5, 0.6) is 5.75 Å². The lowest BCUT2D eigenvalue weighted by atomic mass is 10.2. The summed E-state index contributed by atoms with van der Waals surface area (Å²) in [6.07, 6.45) is 1.55. The molecule has 1 saturated heterocycles. The third-order valence-electron chi connectivity index (χ3n) is 4.12. The lowest BCUT2D eigenvalue weighted by Gasteiger charge is -2.27. The third-order valence-corrected chi connectivity index (χ3v) is 4.43. The maximum atomic E-state index is 12.5. The van der Waals surface area contributed by atoms with E-state index in [2.05, 4.69) is 15.2 Å². The largest absolute Gasteiger partial charge is 0.479 e. The van der Waals surface area contributed by atoms with Crippen LogP contribution in [0.4, 0.5) is 11.5 Å². The van der Waals surface area contributed by atoms with Crippen molar-refractivity contribution in [3.8, 4) is 5.75 Å². The van der Waals surface area contributed by atoms with E-state index in [-0.39, 0.29) is 5.91 Å². The lowest BCUT2D eigenvalue weighted by Crippen LogP contribution is -2.36. The van der Waals surface area contributed by atoms with Gasteiger partial charge in [0.05, 0.1) is 30.1 Å². The molecule has 0 saturated carbocycles.